The summed E-state index contributed by atoms with van der Waals surface area (Å²) in [5.41, 5.74) is 1.41. The summed E-state index contributed by atoms with van der Waals surface area (Å²) in [6, 6.07) is 7.50. The molecule has 4 nitrogen and oxygen atoms in total. The number of carbonyl (C=O) groups excluding carboxylic acids is 2. The van der Waals surface area contributed by atoms with Gasteiger partial charge in [0.05, 0.1) is 5.56 Å². The Labute approximate surface area is 103 Å². The second-order valence-electron chi connectivity index (χ2n) is 3.68. The van der Waals surface area contributed by atoms with Crippen molar-refractivity contribution in [3.8, 4) is 0 Å². The van der Waals surface area contributed by atoms with Gasteiger partial charge in [0, 0.05) is 24.1 Å². The molecule has 0 aliphatic heterocycles. The molecule has 0 saturated heterocycles. The molecule has 5 heteroatoms. The maximum Gasteiger partial charge on any atom is 0.260 e. The van der Waals surface area contributed by atoms with Gasteiger partial charge in [-0.1, -0.05) is 18.2 Å². The molecule has 0 unspecified atom stereocenters. The van der Waals surface area contributed by atoms with Gasteiger partial charge in [-0.25, -0.2) is 0 Å². The number of nitrogens with zero attached hydrogens (tertiary/aromatic N) is 1. The molecule has 0 aliphatic carbocycles. The monoisotopic (exact) mass is 250 g/mol. The van der Waals surface area contributed by atoms with Gasteiger partial charge < -0.3 is 4.57 Å². The molecule has 0 spiro atoms. The molecule has 0 saturated carbocycles. The number of imide groups is 1. The zero-order chi connectivity index (χ0) is 12.4. The number of para-hydroxylation sites is 1. The highest BCUT2D eigenvalue weighted by atomic mass is 35.5. The third-order valence-corrected chi connectivity index (χ3v) is 2.76. The molecular formula is C12H11ClN2O2. The molecule has 17 heavy (non-hydrogen) atoms. The van der Waals surface area contributed by atoms with Gasteiger partial charge in [-0.15, -0.1) is 11.6 Å². The molecular weight excluding hydrogens is 240 g/mol. The molecule has 2 aromatic rings. The number of aryl methyl sites for hydroxylation is 1. The van der Waals surface area contributed by atoms with E-state index in [0.717, 1.165) is 10.9 Å². The first kappa shape index (κ1) is 11.7. The van der Waals surface area contributed by atoms with Crippen molar-refractivity contribution in [2.24, 2.45) is 7.05 Å². The van der Waals surface area contributed by atoms with Gasteiger partial charge in [0.15, 0.2) is 0 Å². The van der Waals surface area contributed by atoms with Crippen LogP contribution >= 0.6 is 11.6 Å². The Kier molecular flexibility index (Phi) is 3.15. The van der Waals surface area contributed by atoms with Crippen LogP contribution in [0.25, 0.3) is 10.9 Å². The fourth-order valence-corrected chi connectivity index (χ4v) is 1.82. The number of amides is 2. The van der Waals surface area contributed by atoms with Crippen molar-refractivity contribution in [3.05, 3.63) is 36.0 Å². The van der Waals surface area contributed by atoms with Gasteiger partial charge in [0.1, 0.15) is 5.88 Å². The first-order valence-corrected chi connectivity index (χ1v) is 5.61. The first-order chi connectivity index (χ1) is 8.13. The number of fused-ring (bicyclic) bond motifs is 1. The average molecular weight is 251 g/mol. The zero-order valence-corrected chi connectivity index (χ0v) is 9.99. The van der Waals surface area contributed by atoms with E-state index in [0.29, 0.717) is 5.56 Å². The van der Waals surface area contributed by atoms with Gasteiger partial charge in [0.2, 0.25) is 5.91 Å². The van der Waals surface area contributed by atoms with Gasteiger partial charge in [-0.2, -0.15) is 0 Å². The summed E-state index contributed by atoms with van der Waals surface area (Å²) in [5.74, 6) is -1.15. The van der Waals surface area contributed by atoms with Crippen molar-refractivity contribution in [1.29, 1.82) is 0 Å². The number of hydrogen-bond donors (Lipinski definition) is 1. The highest BCUT2D eigenvalue weighted by Gasteiger charge is 2.15. The number of hydrogen-bond acceptors (Lipinski definition) is 2. The van der Waals surface area contributed by atoms with Crippen molar-refractivity contribution < 1.29 is 9.59 Å². The Bertz CT molecular complexity index is 589. The van der Waals surface area contributed by atoms with E-state index in [1.54, 1.807) is 6.20 Å². The second-order valence-corrected chi connectivity index (χ2v) is 3.95. The van der Waals surface area contributed by atoms with E-state index >= 15 is 0 Å². The highest BCUT2D eigenvalue weighted by Crippen LogP contribution is 2.19. The number of rotatable bonds is 2. The predicted molar refractivity (Wildman–Crippen MR) is 66.1 cm³/mol. The number of aromatic nitrogens is 1. The topological polar surface area (TPSA) is 51.1 Å². The summed E-state index contributed by atoms with van der Waals surface area (Å²) < 4.78 is 1.84. The molecule has 2 rings (SSSR count). The number of carbonyl (C=O) groups is 2. The van der Waals surface area contributed by atoms with Crippen LogP contribution in [-0.2, 0) is 11.8 Å². The molecule has 0 atom stereocenters. The largest absolute Gasteiger partial charge is 0.350 e. The number of alkyl halides is 1. The van der Waals surface area contributed by atoms with E-state index < -0.39 is 11.8 Å². The summed E-state index contributed by atoms with van der Waals surface area (Å²) in [6.07, 6.45) is 1.70. The van der Waals surface area contributed by atoms with Gasteiger partial charge in [-0.05, 0) is 6.07 Å². The minimum Gasteiger partial charge on any atom is -0.350 e. The van der Waals surface area contributed by atoms with Crippen molar-refractivity contribution >= 4 is 34.3 Å². The summed E-state index contributed by atoms with van der Waals surface area (Å²) >= 11 is 5.34. The van der Waals surface area contributed by atoms with E-state index in [2.05, 4.69) is 5.32 Å². The fourth-order valence-electron chi connectivity index (χ4n) is 1.75. The molecule has 88 valence electrons. The van der Waals surface area contributed by atoms with Crippen molar-refractivity contribution in [2.75, 3.05) is 5.88 Å². The number of halogens is 1. The lowest BCUT2D eigenvalue weighted by Gasteiger charge is -1.99. The molecule has 0 bridgehead atoms. The standard InChI is InChI=1S/C12H11ClN2O2/c1-15-7-9(12(17)14-11(16)6-13)8-4-2-3-5-10(8)15/h2-5,7H,6H2,1H3,(H,14,16,17). The quantitative estimate of drug-likeness (QED) is 0.825. The van der Waals surface area contributed by atoms with Gasteiger partial charge >= 0.3 is 0 Å². The zero-order valence-electron chi connectivity index (χ0n) is 9.24. The van der Waals surface area contributed by atoms with E-state index in [4.69, 9.17) is 11.6 Å². The lowest BCUT2D eigenvalue weighted by atomic mass is 10.1. The Morgan fingerprint density at radius 1 is 1.35 bits per heavy atom. The Morgan fingerprint density at radius 2 is 2.06 bits per heavy atom. The maximum absolute atomic E-state index is 11.8. The Hall–Kier alpha value is -1.81. The van der Waals surface area contributed by atoms with E-state index in [1.807, 2.05) is 35.9 Å². The minimum absolute atomic E-state index is 0.226. The third kappa shape index (κ3) is 2.17. The number of nitrogens with one attached hydrogen (secondary N) is 1. The SMILES string of the molecule is Cn1cc(C(=O)NC(=O)CCl)c2ccccc21. The molecule has 0 aliphatic rings. The summed E-state index contributed by atoms with van der Waals surface area (Å²) in [5, 5.41) is 3.04. The first-order valence-electron chi connectivity index (χ1n) is 5.07. The third-order valence-electron chi connectivity index (χ3n) is 2.52. The second kappa shape index (κ2) is 4.59. The molecule has 2 amide bonds. The smallest absolute Gasteiger partial charge is 0.260 e. The van der Waals surface area contributed by atoms with E-state index in [9.17, 15) is 9.59 Å². The van der Waals surface area contributed by atoms with E-state index in [-0.39, 0.29) is 5.88 Å². The minimum atomic E-state index is -0.496. The van der Waals surface area contributed by atoms with Crippen LogP contribution in [0.15, 0.2) is 30.5 Å². The highest BCUT2D eigenvalue weighted by molar-refractivity contribution is 6.29. The fraction of sp³-hybridized carbons (Fsp3) is 0.167. The van der Waals surface area contributed by atoms with Gasteiger partial charge in [-0.3, -0.25) is 14.9 Å². The Morgan fingerprint density at radius 3 is 2.76 bits per heavy atom. The summed E-state index contributed by atoms with van der Waals surface area (Å²) in [6.45, 7) is 0. The lowest BCUT2D eigenvalue weighted by molar-refractivity contribution is -0.117. The molecule has 0 radical (unpaired) electrons. The van der Waals surface area contributed by atoms with E-state index in [1.165, 1.54) is 0 Å². The normalized spacial score (nSPS) is 10.5. The van der Waals surface area contributed by atoms with Crippen LogP contribution in [0.4, 0.5) is 0 Å². The Balaban J connectivity index is 2.42. The van der Waals surface area contributed by atoms with Crippen LogP contribution in [0.5, 0.6) is 0 Å². The van der Waals surface area contributed by atoms with Crippen LogP contribution in [-0.4, -0.2) is 22.3 Å². The van der Waals surface area contributed by atoms with Crippen LogP contribution in [0.1, 0.15) is 10.4 Å². The lowest BCUT2D eigenvalue weighted by Crippen LogP contribution is -2.31. The predicted octanol–water partition coefficient (Wildman–Crippen LogP) is 1.67. The van der Waals surface area contributed by atoms with Crippen LogP contribution in [0, 0.1) is 0 Å². The van der Waals surface area contributed by atoms with Crippen LogP contribution in [0.3, 0.4) is 0 Å². The molecule has 1 aromatic carbocycles. The van der Waals surface area contributed by atoms with Crippen molar-refractivity contribution in [1.82, 2.24) is 9.88 Å². The van der Waals surface area contributed by atoms with Crippen LogP contribution in [0.2, 0.25) is 0 Å². The van der Waals surface area contributed by atoms with Gasteiger partial charge in [0.25, 0.3) is 5.91 Å². The average Bonchev–Trinajstić information content (AvgIpc) is 2.67. The van der Waals surface area contributed by atoms with Crippen molar-refractivity contribution in [3.63, 3.8) is 0 Å². The molecule has 0 fully saturated rings. The molecule has 1 aromatic heterocycles. The van der Waals surface area contributed by atoms with Crippen LogP contribution < -0.4 is 5.32 Å². The summed E-state index contributed by atoms with van der Waals surface area (Å²) in [4.78, 5) is 22.9. The maximum atomic E-state index is 11.8. The molecule has 1 N–H and O–H groups in total. The van der Waals surface area contributed by atoms with Crippen molar-refractivity contribution in [2.45, 2.75) is 0 Å². The summed E-state index contributed by atoms with van der Waals surface area (Å²) in [7, 11) is 1.85. The number of benzene rings is 1. The molecule has 1 heterocycles.